The van der Waals surface area contributed by atoms with Gasteiger partial charge in [0.05, 0.1) is 0 Å². The van der Waals surface area contributed by atoms with Crippen LogP contribution in [-0.4, -0.2) is 53.1 Å². The van der Waals surface area contributed by atoms with Gasteiger partial charge in [-0.05, 0) is 51.0 Å². The highest BCUT2D eigenvalue weighted by molar-refractivity contribution is 5.47. The van der Waals surface area contributed by atoms with E-state index in [1.54, 1.807) is 12.1 Å². The van der Waals surface area contributed by atoms with Crippen molar-refractivity contribution in [1.29, 1.82) is 0 Å². The zero-order valence-corrected chi connectivity index (χ0v) is 14.9. The van der Waals surface area contributed by atoms with Crippen molar-refractivity contribution in [2.75, 3.05) is 27.2 Å². The number of ether oxygens (including phenoxy) is 1. The molecule has 0 radical (unpaired) electrons. The van der Waals surface area contributed by atoms with Crippen LogP contribution in [0.5, 0.6) is 0 Å². The third-order valence-corrected chi connectivity index (χ3v) is 4.52. The molecule has 0 unspecified atom stereocenters. The van der Waals surface area contributed by atoms with E-state index in [2.05, 4.69) is 22.0 Å². The van der Waals surface area contributed by atoms with Crippen molar-refractivity contribution in [1.82, 2.24) is 19.7 Å². The number of piperidine rings is 1. The Morgan fingerprint density at radius 1 is 1.27 bits per heavy atom. The zero-order valence-electron chi connectivity index (χ0n) is 14.9. The Morgan fingerprint density at radius 2 is 2.00 bits per heavy atom. The normalized spacial score (nSPS) is 17.1. The summed E-state index contributed by atoms with van der Waals surface area (Å²) < 4.78 is 50.2. The fourth-order valence-corrected chi connectivity index (χ4v) is 3.18. The molecule has 0 atom stereocenters. The summed E-state index contributed by atoms with van der Waals surface area (Å²) in [5, 5.41) is 4.12. The summed E-state index contributed by atoms with van der Waals surface area (Å²) in [6.07, 6.45) is -1.80. The van der Waals surface area contributed by atoms with Crippen LogP contribution in [-0.2, 0) is 24.3 Å². The summed E-state index contributed by atoms with van der Waals surface area (Å²) in [5.41, 5.74) is 0. The lowest BCUT2D eigenvalue weighted by molar-refractivity contribution is -0.142. The largest absolute Gasteiger partial charge is 0.455 e. The SMILES string of the molecule is COCc1ccc(-c2nc(CC3CCN(C)CC3)nn2CC(F)(F)F)o1. The van der Waals surface area contributed by atoms with Crippen molar-refractivity contribution in [2.24, 2.45) is 5.92 Å². The number of nitrogens with zero attached hydrogens (tertiary/aromatic N) is 4. The summed E-state index contributed by atoms with van der Waals surface area (Å²) in [4.78, 5) is 6.60. The van der Waals surface area contributed by atoms with Gasteiger partial charge in [0, 0.05) is 13.5 Å². The number of methoxy groups -OCH3 is 1. The van der Waals surface area contributed by atoms with Gasteiger partial charge in [-0.2, -0.15) is 18.3 Å². The molecule has 0 N–H and O–H groups in total. The standard InChI is InChI=1S/C17H23F3N4O2/c1-23-7-5-12(6-8-23)9-15-21-16(24(22-15)11-17(18,19)20)14-4-3-13(26-14)10-25-2/h3-4,12H,5-11H2,1-2H3. The zero-order chi connectivity index (χ0) is 18.7. The van der Waals surface area contributed by atoms with Gasteiger partial charge in [-0.3, -0.25) is 0 Å². The number of alkyl halides is 3. The first-order chi connectivity index (χ1) is 12.3. The average Bonchev–Trinajstić information content (AvgIpc) is 3.15. The monoisotopic (exact) mass is 372 g/mol. The molecule has 1 aliphatic heterocycles. The van der Waals surface area contributed by atoms with Crippen LogP contribution in [0.4, 0.5) is 13.2 Å². The minimum Gasteiger partial charge on any atom is -0.455 e. The first-order valence-corrected chi connectivity index (χ1v) is 8.61. The van der Waals surface area contributed by atoms with E-state index in [0.29, 0.717) is 23.9 Å². The molecule has 0 bridgehead atoms. The maximum Gasteiger partial charge on any atom is 0.408 e. The average molecular weight is 372 g/mol. The summed E-state index contributed by atoms with van der Waals surface area (Å²) in [5.74, 6) is 1.72. The Kier molecular flexibility index (Phi) is 5.67. The molecular formula is C17H23F3N4O2. The molecule has 2 aromatic rings. The van der Waals surface area contributed by atoms with Gasteiger partial charge in [-0.25, -0.2) is 9.67 Å². The van der Waals surface area contributed by atoms with Crippen molar-refractivity contribution in [3.8, 4) is 11.6 Å². The third-order valence-electron chi connectivity index (χ3n) is 4.52. The molecule has 1 aliphatic rings. The Bertz CT molecular complexity index is 718. The lowest BCUT2D eigenvalue weighted by Gasteiger charge is -2.28. The van der Waals surface area contributed by atoms with Crippen molar-refractivity contribution in [2.45, 2.75) is 38.6 Å². The number of hydrogen-bond acceptors (Lipinski definition) is 5. The van der Waals surface area contributed by atoms with Gasteiger partial charge in [0.15, 0.2) is 17.4 Å². The topological polar surface area (TPSA) is 56.3 Å². The molecular weight excluding hydrogens is 349 g/mol. The highest BCUT2D eigenvalue weighted by Crippen LogP contribution is 2.27. The molecule has 0 aliphatic carbocycles. The van der Waals surface area contributed by atoms with E-state index in [4.69, 9.17) is 9.15 Å². The van der Waals surface area contributed by atoms with Gasteiger partial charge in [0.2, 0.25) is 0 Å². The second kappa shape index (κ2) is 7.79. The highest BCUT2D eigenvalue weighted by atomic mass is 19.4. The molecule has 0 amide bonds. The van der Waals surface area contributed by atoms with Crippen LogP contribution in [0.25, 0.3) is 11.6 Å². The number of halogens is 3. The predicted molar refractivity (Wildman–Crippen MR) is 88.4 cm³/mol. The van der Waals surface area contributed by atoms with Crippen molar-refractivity contribution in [3.63, 3.8) is 0 Å². The number of furan rings is 1. The van der Waals surface area contributed by atoms with E-state index in [9.17, 15) is 13.2 Å². The smallest absolute Gasteiger partial charge is 0.408 e. The van der Waals surface area contributed by atoms with Crippen molar-refractivity contribution >= 4 is 0 Å². The van der Waals surface area contributed by atoms with Crippen LogP contribution >= 0.6 is 0 Å². The predicted octanol–water partition coefficient (Wildman–Crippen LogP) is 3.13. The molecule has 2 aromatic heterocycles. The van der Waals surface area contributed by atoms with E-state index < -0.39 is 12.7 Å². The molecule has 0 spiro atoms. The van der Waals surface area contributed by atoms with E-state index in [0.717, 1.165) is 30.6 Å². The van der Waals surface area contributed by atoms with Gasteiger partial charge >= 0.3 is 6.18 Å². The molecule has 1 fully saturated rings. The first-order valence-electron chi connectivity index (χ1n) is 8.61. The fourth-order valence-electron chi connectivity index (χ4n) is 3.18. The summed E-state index contributed by atoms with van der Waals surface area (Å²) in [7, 11) is 3.59. The van der Waals surface area contributed by atoms with E-state index in [-0.39, 0.29) is 18.2 Å². The minimum atomic E-state index is -4.38. The summed E-state index contributed by atoms with van der Waals surface area (Å²) in [6.45, 7) is 1.03. The Balaban J connectivity index is 1.82. The van der Waals surface area contributed by atoms with Crippen LogP contribution in [0, 0.1) is 5.92 Å². The lowest BCUT2D eigenvalue weighted by Crippen LogP contribution is -2.31. The van der Waals surface area contributed by atoms with Gasteiger partial charge in [-0.1, -0.05) is 0 Å². The first kappa shape index (κ1) is 18.9. The molecule has 1 saturated heterocycles. The molecule has 9 heteroatoms. The van der Waals surface area contributed by atoms with Gasteiger partial charge in [0.25, 0.3) is 0 Å². The van der Waals surface area contributed by atoms with Gasteiger partial charge in [-0.15, -0.1) is 0 Å². The molecule has 0 saturated carbocycles. The number of likely N-dealkylation sites (tertiary alicyclic amines) is 1. The molecule has 144 valence electrons. The second-order valence-corrected chi connectivity index (χ2v) is 6.77. The maximum atomic E-state index is 12.9. The molecule has 3 rings (SSSR count). The molecule has 0 aromatic carbocycles. The summed E-state index contributed by atoms with van der Waals surface area (Å²) >= 11 is 0. The van der Waals surface area contributed by atoms with Gasteiger partial charge < -0.3 is 14.1 Å². The third kappa shape index (κ3) is 4.85. The molecule has 6 nitrogen and oxygen atoms in total. The molecule has 3 heterocycles. The van der Waals surface area contributed by atoms with E-state index in [1.165, 1.54) is 7.11 Å². The maximum absolute atomic E-state index is 12.9. The Morgan fingerprint density at radius 3 is 2.65 bits per heavy atom. The lowest BCUT2D eigenvalue weighted by atomic mass is 9.94. The van der Waals surface area contributed by atoms with Crippen LogP contribution < -0.4 is 0 Å². The second-order valence-electron chi connectivity index (χ2n) is 6.77. The number of hydrogen-bond donors (Lipinski definition) is 0. The van der Waals surface area contributed by atoms with E-state index >= 15 is 0 Å². The number of aromatic nitrogens is 3. The summed E-state index contributed by atoms with van der Waals surface area (Å²) in [6, 6.07) is 3.27. The van der Waals surface area contributed by atoms with Crippen LogP contribution in [0.15, 0.2) is 16.5 Å². The van der Waals surface area contributed by atoms with Crippen molar-refractivity contribution < 1.29 is 22.3 Å². The number of rotatable bonds is 6. The highest BCUT2D eigenvalue weighted by Gasteiger charge is 2.31. The molecule has 26 heavy (non-hydrogen) atoms. The van der Waals surface area contributed by atoms with E-state index in [1.807, 2.05) is 0 Å². The quantitative estimate of drug-likeness (QED) is 0.780. The fraction of sp³-hybridized carbons (Fsp3) is 0.647. The van der Waals surface area contributed by atoms with Crippen LogP contribution in [0.3, 0.4) is 0 Å². The van der Waals surface area contributed by atoms with Crippen LogP contribution in [0.2, 0.25) is 0 Å². The Labute approximate surface area is 149 Å². The Hall–Kier alpha value is -1.87. The van der Waals surface area contributed by atoms with Gasteiger partial charge in [0.1, 0.15) is 18.9 Å². The van der Waals surface area contributed by atoms with Crippen molar-refractivity contribution in [3.05, 3.63) is 23.7 Å². The van der Waals surface area contributed by atoms with Crippen LogP contribution in [0.1, 0.15) is 24.4 Å². The minimum absolute atomic E-state index is 0.104.